The Morgan fingerprint density at radius 2 is 1.60 bits per heavy atom. The summed E-state index contributed by atoms with van der Waals surface area (Å²) in [5, 5.41) is 3.17. The maximum absolute atomic E-state index is 6.55. The first kappa shape index (κ1) is 13.5. The highest BCUT2D eigenvalue weighted by Crippen LogP contribution is 2.29. The van der Waals surface area contributed by atoms with E-state index in [2.05, 4.69) is 42.5 Å². The van der Waals surface area contributed by atoms with E-state index in [9.17, 15) is 0 Å². The average Bonchev–Trinajstić information content (AvgIpc) is 2.47. The van der Waals surface area contributed by atoms with Gasteiger partial charge in [-0.15, -0.1) is 11.6 Å². The minimum absolute atomic E-state index is 0.0699. The van der Waals surface area contributed by atoms with Crippen molar-refractivity contribution in [1.82, 2.24) is 0 Å². The molecule has 0 N–H and O–H groups in total. The van der Waals surface area contributed by atoms with Crippen LogP contribution in [0.1, 0.15) is 16.5 Å². The second-order valence-electron chi connectivity index (χ2n) is 4.86. The Bertz CT molecular complexity index is 729. The van der Waals surface area contributed by atoms with Crippen LogP contribution in [-0.2, 0) is 6.42 Å². The van der Waals surface area contributed by atoms with Gasteiger partial charge in [0, 0.05) is 5.02 Å². The Morgan fingerprint density at radius 1 is 0.850 bits per heavy atom. The molecule has 0 spiro atoms. The van der Waals surface area contributed by atoms with Gasteiger partial charge in [0.1, 0.15) is 0 Å². The van der Waals surface area contributed by atoms with Crippen molar-refractivity contribution in [3.05, 3.63) is 82.9 Å². The summed E-state index contributed by atoms with van der Waals surface area (Å²) in [6, 6.07) is 22.5. The number of fused-ring (bicyclic) bond motifs is 1. The molecule has 100 valence electrons. The van der Waals surface area contributed by atoms with Gasteiger partial charge in [-0.1, -0.05) is 66.2 Å². The van der Waals surface area contributed by atoms with Gasteiger partial charge in [-0.25, -0.2) is 0 Å². The van der Waals surface area contributed by atoms with Crippen molar-refractivity contribution in [3.8, 4) is 0 Å². The Hall–Kier alpha value is -1.50. The molecule has 0 aromatic heterocycles. The third-order valence-electron chi connectivity index (χ3n) is 3.49. The second-order valence-corrected chi connectivity index (χ2v) is 5.83. The fourth-order valence-electron chi connectivity index (χ4n) is 2.48. The molecule has 3 aromatic rings. The van der Waals surface area contributed by atoms with Crippen LogP contribution in [-0.4, -0.2) is 0 Å². The summed E-state index contributed by atoms with van der Waals surface area (Å²) < 4.78 is 0. The average molecular weight is 301 g/mol. The number of halogens is 2. The highest BCUT2D eigenvalue weighted by molar-refractivity contribution is 6.30. The molecule has 0 fully saturated rings. The monoisotopic (exact) mass is 300 g/mol. The van der Waals surface area contributed by atoms with Crippen molar-refractivity contribution in [1.29, 1.82) is 0 Å². The number of rotatable bonds is 3. The third kappa shape index (κ3) is 2.82. The van der Waals surface area contributed by atoms with Crippen LogP contribution in [0.3, 0.4) is 0 Å². The summed E-state index contributed by atoms with van der Waals surface area (Å²) in [4.78, 5) is 0. The summed E-state index contributed by atoms with van der Waals surface area (Å²) in [5.74, 6) is 0. The van der Waals surface area contributed by atoms with Gasteiger partial charge in [-0.2, -0.15) is 0 Å². The van der Waals surface area contributed by atoms with Crippen LogP contribution >= 0.6 is 23.2 Å². The topological polar surface area (TPSA) is 0 Å². The van der Waals surface area contributed by atoms with Crippen molar-refractivity contribution in [2.24, 2.45) is 0 Å². The van der Waals surface area contributed by atoms with Gasteiger partial charge < -0.3 is 0 Å². The van der Waals surface area contributed by atoms with Crippen molar-refractivity contribution >= 4 is 34.0 Å². The van der Waals surface area contributed by atoms with Crippen molar-refractivity contribution in [2.45, 2.75) is 11.8 Å². The minimum atomic E-state index is -0.0699. The van der Waals surface area contributed by atoms with E-state index in [1.54, 1.807) is 0 Å². The second kappa shape index (κ2) is 5.87. The molecule has 1 atom stereocenters. The molecule has 0 amide bonds. The zero-order chi connectivity index (χ0) is 13.9. The van der Waals surface area contributed by atoms with Crippen molar-refractivity contribution < 1.29 is 0 Å². The first-order valence-corrected chi connectivity index (χ1v) is 7.41. The molecule has 20 heavy (non-hydrogen) atoms. The predicted molar refractivity (Wildman–Crippen MR) is 87.7 cm³/mol. The number of benzene rings is 3. The molecule has 0 bridgehead atoms. The van der Waals surface area contributed by atoms with E-state index < -0.39 is 0 Å². The van der Waals surface area contributed by atoms with E-state index in [0.717, 1.165) is 17.0 Å². The minimum Gasteiger partial charge on any atom is -0.117 e. The summed E-state index contributed by atoms with van der Waals surface area (Å²) >= 11 is 12.6. The van der Waals surface area contributed by atoms with Crippen LogP contribution in [0.25, 0.3) is 10.8 Å². The quantitative estimate of drug-likeness (QED) is 0.519. The number of alkyl halides is 1. The molecule has 3 aromatic carbocycles. The molecule has 1 unspecified atom stereocenters. The van der Waals surface area contributed by atoms with E-state index in [4.69, 9.17) is 23.2 Å². The van der Waals surface area contributed by atoms with Crippen LogP contribution < -0.4 is 0 Å². The molecule has 3 rings (SSSR count). The predicted octanol–water partition coefficient (Wildman–Crippen LogP) is 6.02. The summed E-state index contributed by atoms with van der Waals surface area (Å²) in [6.45, 7) is 0. The first-order chi connectivity index (χ1) is 9.74. The Morgan fingerprint density at radius 3 is 2.45 bits per heavy atom. The lowest BCUT2D eigenvalue weighted by Crippen LogP contribution is -1.96. The SMILES string of the molecule is Clc1cccc(C(Cl)Cc2cccc3ccccc23)c1. The van der Waals surface area contributed by atoms with Crippen LogP contribution in [0.5, 0.6) is 0 Å². The highest BCUT2D eigenvalue weighted by atomic mass is 35.5. The molecular weight excluding hydrogens is 287 g/mol. The zero-order valence-corrected chi connectivity index (χ0v) is 12.4. The number of hydrogen-bond donors (Lipinski definition) is 0. The third-order valence-corrected chi connectivity index (χ3v) is 4.13. The van der Waals surface area contributed by atoms with Crippen LogP contribution in [0.15, 0.2) is 66.7 Å². The van der Waals surface area contributed by atoms with E-state index in [0.29, 0.717) is 0 Å². The fraction of sp³-hybridized carbons (Fsp3) is 0.111. The molecule has 0 nitrogen and oxygen atoms in total. The lowest BCUT2D eigenvalue weighted by atomic mass is 9.98. The van der Waals surface area contributed by atoms with Gasteiger partial charge in [0.25, 0.3) is 0 Å². The van der Waals surface area contributed by atoms with Gasteiger partial charge >= 0.3 is 0 Å². The van der Waals surface area contributed by atoms with E-state index in [1.807, 2.05) is 24.3 Å². The molecule has 0 aliphatic heterocycles. The van der Waals surface area contributed by atoms with Crippen LogP contribution in [0.2, 0.25) is 5.02 Å². The van der Waals surface area contributed by atoms with E-state index >= 15 is 0 Å². The van der Waals surface area contributed by atoms with Gasteiger partial charge in [0.2, 0.25) is 0 Å². The summed E-state index contributed by atoms with van der Waals surface area (Å²) in [6.07, 6.45) is 0.795. The van der Waals surface area contributed by atoms with Crippen LogP contribution in [0.4, 0.5) is 0 Å². The zero-order valence-electron chi connectivity index (χ0n) is 10.9. The van der Waals surface area contributed by atoms with Gasteiger partial charge in [-0.3, -0.25) is 0 Å². The molecule has 0 heterocycles. The summed E-state index contributed by atoms with van der Waals surface area (Å²) in [7, 11) is 0. The summed E-state index contributed by atoms with van der Waals surface area (Å²) in [5.41, 5.74) is 2.33. The Balaban J connectivity index is 1.93. The first-order valence-electron chi connectivity index (χ1n) is 6.60. The largest absolute Gasteiger partial charge is 0.117 e. The van der Waals surface area contributed by atoms with Crippen molar-refractivity contribution in [3.63, 3.8) is 0 Å². The smallest absolute Gasteiger partial charge is 0.0626 e. The van der Waals surface area contributed by atoms with Gasteiger partial charge in [0.15, 0.2) is 0 Å². The molecule has 0 saturated heterocycles. The molecule has 0 aliphatic rings. The van der Waals surface area contributed by atoms with E-state index in [1.165, 1.54) is 16.3 Å². The fourth-order valence-corrected chi connectivity index (χ4v) is 2.98. The van der Waals surface area contributed by atoms with Crippen molar-refractivity contribution in [2.75, 3.05) is 0 Å². The maximum Gasteiger partial charge on any atom is 0.0626 e. The molecule has 0 radical (unpaired) electrons. The lowest BCUT2D eigenvalue weighted by molar-refractivity contribution is 0.928. The Kier molecular flexibility index (Phi) is 3.95. The van der Waals surface area contributed by atoms with E-state index in [-0.39, 0.29) is 5.38 Å². The highest BCUT2D eigenvalue weighted by Gasteiger charge is 2.11. The normalized spacial score (nSPS) is 12.5. The Labute approximate surface area is 129 Å². The molecule has 0 aliphatic carbocycles. The number of hydrogen-bond acceptors (Lipinski definition) is 0. The molecule has 0 saturated carbocycles. The maximum atomic E-state index is 6.55. The lowest BCUT2D eigenvalue weighted by Gasteiger charge is -2.12. The van der Waals surface area contributed by atoms with Crippen LogP contribution in [0, 0.1) is 0 Å². The standard InChI is InChI=1S/C18H14Cl2/c19-16-9-4-8-15(11-16)18(20)12-14-7-3-6-13-5-1-2-10-17(13)14/h1-11,18H,12H2. The van der Waals surface area contributed by atoms with Gasteiger partial charge in [-0.05, 0) is 40.5 Å². The van der Waals surface area contributed by atoms with Gasteiger partial charge in [0.05, 0.1) is 5.38 Å². The molecule has 2 heteroatoms. The molecular formula is C18H14Cl2.